The molecule has 2 N–H and O–H groups in total. The summed E-state index contributed by atoms with van der Waals surface area (Å²) < 4.78 is 47.2. The Labute approximate surface area is 330 Å². The molecule has 5 heterocycles. The minimum atomic E-state index is -4.57. The highest BCUT2D eigenvalue weighted by Crippen LogP contribution is 2.40. The molecule has 1 aromatic heterocycles. The van der Waals surface area contributed by atoms with E-state index in [1.165, 1.54) is 19.2 Å². The molecule has 0 radical (unpaired) electrons. The molecule has 2 atom stereocenters. The monoisotopic (exact) mass is 798 g/mol. The van der Waals surface area contributed by atoms with Crippen molar-refractivity contribution in [2.45, 2.75) is 69.2 Å². The standard InChI is InChI=1S/C41H41F3N8O6/c1-58-35-18-33-25(16-34(35)45-37(54)24-3-2-4-26(15-24)41(42,43)44)20-49(47-33)27-7-5-23(6-8-27)19-48-21-29-9-10-30(22-48)51(29)28-11-12-31-32(17-28)39(56)52(38(31)55)50-14-13-36(53)46-40(50)57/h2-4,11-12,15-18,20,23,27,29-30H,5-10,13-14,19,21-22H2,1H3,(H,45,54)(H,46,53,57)/t23?,27?,29-,30?/m1/s1. The lowest BCUT2D eigenvalue weighted by Gasteiger charge is -2.44. The van der Waals surface area contributed by atoms with Crippen molar-refractivity contribution in [2.24, 2.45) is 5.92 Å². The highest BCUT2D eigenvalue weighted by Gasteiger charge is 2.45. The fourth-order valence-electron chi connectivity index (χ4n) is 9.42. The smallest absolute Gasteiger partial charge is 0.416 e. The first-order valence-corrected chi connectivity index (χ1v) is 19.5. The quantitative estimate of drug-likeness (QED) is 0.209. The number of hydrogen-bond donors (Lipinski definition) is 2. The largest absolute Gasteiger partial charge is 0.494 e. The second-order valence-electron chi connectivity index (χ2n) is 15.8. The molecule has 302 valence electrons. The Bertz CT molecular complexity index is 2340. The number of nitrogens with one attached hydrogen (secondary N) is 2. The van der Waals surface area contributed by atoms with Gasteiger partial charge in [-0.15, -0.1) is 0 Å². The molecule has 3 aromatic carbocycles. The van der Waals surface area contributed by atoms with E-state index in [0.717, 1.165) is 91.4 Å². The molecule has 0 spiro atoms. The number of carbonyl (C=O) groups is 5. The van der Waals surface area contributed by atoms with Gasteiger partial charge in [0.2, 0.25) is 5.91 Å². The van der Waals surface area contributed by atoms with Crippen molar-refractivity contribution in [2.75, 3.05) is 43.5 Å². The van der Waals surface area contributed by atoms with E-state index in [4.69, 9.17) is 9.84 Å². The van der Waals surface area contributed by atoms with Crippen molar-refractivity contribution in [3.8, 4) is 5.75 Å². The molecule has 6 amide bonds. The van der Waals surface area contributed by atoms with Gasteiger partial charge in [0.05, 0.1) is 47.6 Å². The lowest BCUT2D eigenvalue weighted by atomic mass is 9.85. The van der Waals surface area contributed by atoms with Crippen LogP contribution >= 0.6 is 0 Å². The number of anilines is 2. The average Bonchev–Trinajstić information content (AvgIpc) is 3.82. The zero-order valence-electron chi connectivity index (χ0n) is 31.6. The highest BCUT2D eigenvalue weighted by atomic mass is 19.4. The molecule has 1 unspecified atom stereocenters. The van der Waals surface area contributed by atoms with E-state index in [0.29, 0.717) is 22.9 Å². The summed E-state index contributed by atoms with van der Waals surface area (Å²) in [6, 6.07) is 13.0. The Morgan fingerprint density at radius 3 is 2.33 bits per heavy atom. The maximum atomic E-state index is 13.5. The van der Waals surface area contributed by atoms with Crippen LogP contribution in [-0.4, -0.2) is 99.7 Å². The number of halogens is 3. The second kappa shape index (κ2) is 14.4. The predicted molar refractivity (Wildman–Crippen MR) is 204 cm³/mol. The van der Waals surface area contributed by atoms with E-state index in [-0.39, 0.29) is 47.8 Å². The molecule has 14 nitrogen and oxygen atoms in total. The van der Waals surface area contributed by atoms with Gasteiger partial charge in [-0.2, -0.15) is 23.3 Å². The molecular formula is C41H41F3N8O6. The first-order valence-electron chi connectivity index (χ1n) is 19.5. The lowest BCUT2D eigenvalue weighted by Crippen LogP contribution is -2.58. The summed E-state index contributed by atoms with van der Waals surface area (Å²) in [5, 5.41) is 12.3. The minimum absolute atomic E-state index is 0.00236. The Kier molecular flexibility index (Phi) is 9.36. The third-order valence-corrected chi connectivity index (χ3v) is 12.2. The van der Waals surface area contributed by atoms with Crippen molar-refractivity contribution >= 4 is 51.9 Å². The van der Waals surface area contributed by atoms with Crippen LogP contribution in [0.15, 0.2) is 60.8 Å². The van der Waals surface area contributed by atoms with E-state index in [1.807, 2.05) is 16.9 Å². The van der Waals surface area contributed by atoms with Gasteiger partial charge in [0, 0.05) is 67.0 Å². The predicted octanol–water partition coefficient (Wildman–Crippen LogP) is 5.85. The van der Waals surface area contributed by atoms with Gasteiger partial charge in [-0.3, -0.25) is 34.1 Å². The Morgan fingerprint density at radius 2 is 1.62 bits per heavy atom. The van der Waals surface area contributed by atoms with Crippen LogP contribution in [0.2, 0.25) is 0 Å². The third kappa shape index (κ3) is 6.80. The summed E-state index contributed by atoms with van der Waals surface area (Å²) in [6.07, 6.45) is 3.43. The molecule has 1 aliphatic carbocycles. The van der Waals surface area contributed by atoms with Crippen LogP contribution in [0.5, 0.6) is 5.75 Å². The topological polar surface area (TPSA) is 149 Å². The third-order valence-electron chi connectivity index (χ3n) is 12.2. The summed E-state index contributed by atoms with van der Waals surface area (Å²) in [4.78, 5) is 68.7. The van der Waals surface area contributed by atoms with E-state index in [2.05, 4.69) is 20.4 Å². The van der Waals surface area contributed by atoms with Crippen molar-refractivity contribution in [3.05, 3.63) is 83.0 Å². The number of nitrogens with zero attached hydrogens (tertiary/aromatic N) is 6. The number of piperazine rings is 1. The van der Waals surface area contributed by atoms with E-state index in [9.17, 15) is 37.1 Å². The number of hydrazine groups is 1. The first kappa shape index (κ1) is 37.6. The average molecular weight is 799 g/mol. The fourth-order valence-corrected chi connectivity index (χ4v) is 9.42. The zero-order chi connectivity index (χ0) is 40.5. The van der Waals surface area contributed by atoms with Crippen molar-refractivity contribution in [1.29, 1.82) is 0 Å². The van der Waals surface area contributed by atoms with Crippen LogP contribution < -0.4 is 20.3 Å². The van der Waals surface area contributed by atoms with E-state index in [1.54, 1.807) is 24.3 Å². The molecule has 4 aliphatic heterocycles. The van der Waals surface area contributed by atoms with E-state index < -0.39 is 41.4 Å². The lowest BCUT2D eigenvalue weighted by molar-refractivity contribution is -0.137. The number of benzene rings is 3. The van der Waals surface area contributed by atoms with Gasteiger partial charge in [0.1, 0.15) is 5.75 Å². The molecule has 4 aromatic rings. The van der Waals surface area contributed by atoms with Crippen molar-refractivity contribution < 1.29 is 41.9 Å². The Balaban J connectivity index is 0.810. The summed E-state index contributed by atoms with van der Waals surface area (Å²) in [7, 11) is 1.46. The van der Waals surface area contributed by atoms with Gasteiger partial charge in [-0.25, -0.2) is 9.80 Å². The molecule has 4 fully saturated rings. The highest BCUT2D eigenvalue weighted by molar-refractivity contribution is 6.22. The number of aromatic nitrogens is 2. The number of ether oxygens (including phenoxy) is 1. The van der Waals surface area contributed by atoms with E-state index >= 15 is 0 Å². The molecule has 5 aliphatic rings. The van der Waals surface area contributed by atoms with Crippen molar-refractivity contribution in [1.82, 2.24) is 30.0 Å². The van der Waals surface area contributed by atoms with Crippen LogP contribution in [0.1, 0.15) is 87.6 Å². The number of fused-ring (bicyclic) bond motifs is 4. The van der Waals surface area contributed by atoms with Crippen LogP contribution in [0.4, 0.5) is 29.3 Å². The summed E-state index contributed by atoms with van der Waals surface area (Å²) >= 11 is 0. The molecule has 3 saturated heterocycles. The molecule has 9 rings (SSSR count). The first-order chi connectivity index (χ1) is 27.8. The van der Waals surface area contributed by atoms with Gasteiger partial charge >= 0.3 is 12.2 Å². The summed E-state index contributed by atoms with van der Waals surface area (Å²) in [5.41, 5.74) is 1.40. The Hall–Kier alpha value is -5.97. The molecule has 58 heavy (non-hydrogen) atoms. The molecule has 17 heteroatoms. The van der Waals surface area contributed by atoms with Gasteiger partial charge < -0.3 is 15.0 Å². The van der Waals surface area contributed by atoms with Crippen LogP contribution in [-0.2, 0) is 11.0 Å². The number of likely N-dealkylation sites (tertiary alicyclic amines) is 1. The molecular weight excluding hydrogens is 757 g/mol. The molecule has 1 saturated carbocycles. The molecule has 2 bridgehead atoms. The number of rotatable bonds is 8. The van der Waals surface area contributed by atoms with Gasteiger partial charge in [0.25, 0.3) is 17.7 Å². The van der Waals surface area contributed by atoms with Gasteiger partial charge in [-0.05, 0) is 86.9 Å². The number of alkyl halides is 3. The number of urea groups is 1. The normalized spacial score (nSPS) is 23.8. The maximum Gasteiger partial charge on any atom is 0.416 e. The van der Waals surface area contributed by atoms with Crippen LogP contribution in [0.3, 0.4) is 0 Å². The number of carbonyl (C=O) groups excluding carboxylic acids is 5. The van der Waals surface area contributed by atoms with Crippen molar-refractivity contribution in [3.63, 3.8) is 0 Å². The number of methoxy groups -OCH3 is 1. The maximum absolute atomic E-state index is 13.5. The number of amides is 6. The minimum Gasteiger partial charge on any atom is -0.494 e. The SMILES string of the molecule is COc1cc2nn(C3CCC(CN4CC5CC[C@H](C4)N5c4ccc5c(c4)C(=O)N(N4CCC(=O)NC4=O)C5=O)CC3)cc2cc1NC(=O)c1cccc(C(F)(F)F)c1. The zero-order valence-corrected chi connectivity index (χ0v) is 31.6. The van der Waals surface area contributed by atoms with Crippen LogP contribution in [0, 0.1) is 5.92 Å². The van der Waals surface area contributed by atoms with Gasteiger partial charge in [-0.1, -0.05) is 6.07 Å². The van der Waals surface area contributed by atoms with Gasteiger partial charge in [0.15, 0.2) is 0 Å². The summed E-state index contributed by atoms with van der Waals surface area (Å²) in [5.74, 6) is -1.39. The summed E-state index contributed by atoms with van der Waals surface area (Å²) in [6.45, 7) is 2.74. The van der Waals surface area contributed by atoms with Crippen LogP contribution in [0.25, 0.3) is 10.9 Å². The second-order valence-corrected chi connectivity index (χ2v) is 15.8. The fraction of sp³-hybridized carbons (Fsp3) is 0.415. The number of hydrogen-bond acceptors (Lipinski definition) is 9. The Morgan fingerprint density at radius 1 is 0.897 bits per heavy atom. The number of imide groups is 2.